The zero-order valence-corrected chi connectivity index (χ0v) is 18.7. The molecule has 0 radical (unpaired) electrons. The number of nitriles is 1. The van der Waals surface area contributed by atoms with Crippen molar-refractivity contribution in [2.45, 2.75) is 0 Å². The van der Waals surface area contributed by atoms with Crippen molar-refractivity contribution in [1.82, 2.24) is 14.6 Å². The molecule has 0 unspecified atom stereocenters. The highest BCUT2D eigenvalue weighted by Crippen LogP contribution is 2.38. The van der Waals surface area contributed by atoms with Crippen LogP contribution >= 0.6 is 0 Å². The fraction of sp³-hybridized carbons (Fsp3) is 0.174. The lowest BCUT2D eigenvalue weighted by Gasteiger charge is -2.13. The lowest BCUT2D eigenvalue weighted by molar-refractivity contribution is -0.119. The van der Waals surface area contributed by atoms with E-state index >= 15 is 0 Å². The number of primary amides is 1. The van der Waals surface area contributed by atoms with Gasteiger partial charge in [0.1, 0.15) is 11.6 Å². The lowest BCUT2D eigenvalue weighted by Crippen LogP contribution is -2.20. The van der Waals surface area contributed by atoms with Crippen molar-refractivity contribution in [3.63, 3.8) is 0 Å². The van der Waals surface area contributed by atoms with Gasteiger partial charge in [-0.05, 0) is 30.3 Å². The molecule has 2 aromatic carbocycles. The van der Waals surface area contributed by atoms with Gasteiger partial charge >= 0.3 is 0 Å². The summed E-state index contributed by atoms with van der Waals surface area (Å²) in [5, 5.41) is 17.2. The maximum Gasteiger partial charge on any atom is 0.255 e. The number of nitrogens with two attached hydrogens (primary N) is 1. The van der Waals surface area contributed by atoms with E-state index < -0.39 is 5.91 Å². The Hall–Kier alpha value is -4.85. The number of nitrogens with zero attached hydrogens (tertiary/aromatic N) is 3. The number of aromatic nitrogens is 3. The van der Waals surface area contributed by atoms with Gasteiger partial charge < -0.3 is 35.0 Å². The largest absolute Gasteiger partial charge is 0.493 e. The van der Waals surface area contributed by atoms with Crippen molar-refractivity contribution in [3.8, 4) is 40.3 Å². The van der Waals surface area contributed by atoms with E-state index in [1.807, 2.05) is 6.07 Å². The Balaban J connectivity index is 1.81. The standard InChI is InChI=1S/C23H22N6O5/c1-31-16-7-5-15(9-19(16)33-3)27-23-21(28-22-14(10-24)11-26-29(22)23)13-4-6-17(18(8-13)32-2)34-12-20(25)30/h4-9,11,27-28H,12H2,1-3H3,(H2,25,30). The Morgan fingerprint density at radius 1 is 1.09 bits per heavy atom. The molecule has 11 nitrogen and oxygen atoms in total. The summed E-state index contributed by atoms with van der Waals surface area (Å²) in [4.78, 5) is 14.3. The number of H-pyrrole nitrogens is 1. The molecule has 4 N–H and O–H groups in total. The number of methoxy groups -OCH3 is 3. The Kier molecular flexibility index (Phi) is 6.13. The van der Waals surface area contributed by atoms with Gasteiger partial charge in [0, 0.05) is 17.3 Å². The third-order valence-electron chi connectivity index (χ3n) is 5.05. The molecule has 0 saturated heterocycles. The number of ether oxygens (including phenoxy) is 4. The second-order valence-electron chi connectivity index (χ2n) is 7.09. The van der Waals surface area contributed by atoms with Crippen molar-refractivity contribution in [2.75, 3.05) is 33.3 Å². The molecule has 1 amide bonds. The van der Waals surface area contributed by atoms with Crippen LogP contribution in [0.2, 0.25) is 0 Å². The molecule has 0 fully saturated rings. The number of imidazole rings is 1. The highest BCUT2D eigenvalue weighted by molar-refractivity contribution is 5.82. The zero-order chi connectivity index (χ0) is 24.2. The number of hydrogen-bond acceptors (Lipinski definition) is 8. The van der Waals surface area contributed by atoms with Crippen LogP contribution in [0.5, 0.6) is 23.0 Å². The van der Waals surface area contributed by atoms with E-state index in [-0.39, 0.29) is 6.61 Å². The van der Waals surface area contributed by atoms with Gasteiger partial charge in [-0.15, -0.1) is 0 Å². The summed E-state index contributed by atoms with van der Waals surface area (Å²) in [7, 11) is 4.62. The Morgan fingerprint density at radius 3 is 2.47 bits per heavy atom. The molecule has 11 heteroatoms. The van der Waals surface area contributed by atoms with E-state index in [0.29, 0.717) is 51.4 Å². The first-order valence-corrected chi connectivity index (χ1v) is 10.1. The molecule has 4 aromatic rings. The van der Waals surface area contributed by atoms with Crippen molar-refractivity contribution >= 4 is 23.1 Å². The summed E-state index contributed by atoms with van der Waals surface area (Å²) in [6, 6.07) is 12.7. The second kappa shape index (κ2) is 9.33. The second-order valence-corrected chi connectivity index (χ2v) is 7.09. The number of fused-ring (bicyclic) bond motifs is 1. The van der Waals surface area contributed by atoms with E-state index in [4.69, 9.17) is 24.7 Å². The van der Waals surface area contributed by atoms with Crippen LogP contribution < -0.4 is 30.0 Å². The summed E-state index contributed by atoms with van der Waals surface area (Å²) in [6.45, 7) is -0.274. The minimum absolute atomic E-state index is 0.274. The summed E-state index contributed by atoms with van der Waals surface area (Å²) in [6.07, 6.45) is 1.48. The van der Waals surface area contributed by atoms with Gasteiger partial charge in [0.2, 0.25) is 0 Å². The summed E-state index contributed by atoms with van der Waals surface area (Å²) in [5.74, 6) is 1.90. The van der Waals surface area contributed by atoms with Crippen molar-refractivity contribution in [1.29, 1.82) is 5.26 Å². The molecule has 0 aliphatic carbocycles. The molecule has 0 bridgehead atoms. The van der Waals surface area contributed by atoms with Crippen LogP contribution in [-0.2, 0) is 4.79 Å². The molecule has 0 atom stereocenters. The van der Waals surface area contributed by atoms with Gasteiger partial charge in [-0.1, -0.05) is 0 Å². The van der Waals surface area contributed by atoms with Gasteiger partial charge in [0.05, 0.1) is 33.2 Å². The average molecular weight is 462 g/mol. The number of carbonyl (C=O) groups is 1. The van der Waals surface area contributed by atoms with Crippen molar-refractivity contribution < 1.29 is 23.7 Å². The number of rotatable bonds is 9. The van der Waals surface area contributed by atoms with E-state index in [9.17, 15) is 10.1 Å². The molecule has 0 spiro atoms. The zero-order valence-electron chi connectivity index (χ0n) is 18.7. The minimum Gasteiger partial charge on any atom is -0.493 e. The first-order chi connectivity index (χ1) is 16.5. The van der Waals surface area contributed by atoms with Crippen molar-refractivity contribution in [2.24, 2.45) is 5.73 Å². The molecule has 2 aromatic heterocycles. The molecule has 0 saturated carbocycles. The fourth-order valence-corrected chi connectivity index (χ4v) is 3.47. The maximum atomic E-state index is 11.1. The average Bonchev–Trinajstić information content (AvgIpc) is 3.42. The van der Waals surface area contributed by atoms with Gasteiger partial charge in [0.25, 0.3) is 5.91 Å². The van der Waals surface area contributed by atoms with Gasteiger partial charge in [0.15, 0.2) is 41.1 Å². The maximum absolute atomic E-state index is 11.1. The SMILES string of the molecule is COc1ccc(Nc2c(-c3ccc(OCC(N)=O)c(OC)c3)[nH]c3c(C#N)cnn23)cc1OC. The third kappa shape index (κ3) is 4.12. The Labute approximate surface area is 194 Å². The number of carbonyl (C=O) groups excluding carboxylic acids is 1. The predicted molar refractivity (Wildman–Crippen MR) is 124 cm³/mol. The topological polar surface area (TPSA) is 149 Å². The molecule has 174 valence electrons. The number of benzene rings is 2. The number of nitrogens with one attached hydrogen (secondary N) is 2. The van der Waals surface area contributed by atoms with Crippen LogP contribution in [0.3, 0.4) is 0 Å². The Bertz CT molecular complexity index is 1400. The molecular weight excluding hydrogens is 440 g/mol. The van der Waals surface area contributed by atoms with Crippen LogP contribution in [0.15, 0.2) is 42.6 Å². The first-order valence-electron chi connectivity index (χ1n) is 10.1. The van der Waals surface area contributed by atoms with Crippen LogP contribution in [0, 0.1) is 11.3 Å². The van der Waals surface area contributed by atoms with E-state index in [0.717, 1.165) is 5.56 Å². The van der Waals surface area contributed by atoms with E-state index in [1.165, 1.54) is 13.3 Å². The molecular formula is C23H22N6O5. The molecule has 0 aliphatic heterocycles. The smallest absolute Gasteiger partial charge is 0.255 e. The van der Waals surface area contributed by atoms with Crippen LogP contribution in [-0.4, -0.2) is 48.4 Å². The van der Waals surface area contributed by atoms with Crippen LogP contribution in [0.4, 0.5) is 11.5 Å². The Morgan fingerprint density at radius 2 is 1.79 bits per heavy atom. The number of aromatic amines is 1. The highest BCUT2D eigenvalue weighted by atomic mass is 16.5. The summed E-state index contributed by atoms with van der Waals surface area (Å²) >= 11 is 0. The van der Waals surface area contributed by atoms with Gasteiger partial charge in [-0.25, -0.2) is 0 Å². The molecule has 2 heterocycles. The predicted octanol–water partition coefficient (Wildman–Crippen LogP) is 2.83. The highest BCUT2D eigenvalue weighted by Gasteiger charge is 2.20. The quantitative estimate of drug-likeness (QED) is 0.344. The summed E-state index contributed by atoms with van der Waals surface area (Å²) in [5.41, 5.74) is 8.16. The number of hydrogen-bond donors (Lipinski definition) is 3. The monoisotopic (exact) mass is 462 g/mol. The van der Waals surface area contributed by atoms with Gasteiger partial charge in [-0.3, -0.25) is 4.79 Å². The fourth-order valence-electron chi connectivity index (χ4n) is 3.47. The normalized spacial score (nSPS) is 10.5. The summed E-state index contributed by atoms with van der Waals surface area (Å²) < 4.78 is 23.2. The third-order valence-corrected chi connectivity index (χ3v) is 5.05. The van der Waals surface area contributed by atoms with Gasteiger partial charge in [-0.2, -0.15) is 14.9 Å². The van der Waals surface area contributed by atoms with Crippen LogP contribution in [0.1, 0.15) is 5.56 Å². The van der Waals surface area contributed by atoms with E-state index in [2.05, 4.69) is 21.5 Å². The molecule has 34 heavy (non-hydrogen) atoms. The first kappa shape index (κ1) is 22.3. The number of amides is 1. The number of anilines is 2. The lowest BCUT2D eigenvalue weighted by atomic mass is 10.1. The molecule has 4 rings (SSSR count). The minimum atomic E-state index is -0.595. The van der Waals surface area contributed by atoms with Crippen molar-refractivity contribution in [3.05, 3.63) is 48.2 Å². The van der Waals surface area contributed by atoms with E-state index in [1.54, 1.807) is 49.1 Å². The molecule has 0 aliphatic rings. The van der Waals surface area contributed by atoms with Crippen LogP contribution in [0.25, 0.3) is 16.9 Å².